The second-order valence-corrected chi connectivity index (χ2v) is 5.12. The van der Waals surface area contributed by atoms with E-state index in [1.54, 1.807) is 13.2 Å². The van der Waals surface area contributed by atoms with Crippen LogP contribution in [-0.4, -0.2) is 28.8 Å². The summed E-state index contributed by atoms with van der Waals surface area (Å²) in [5.41, 5.74) is 2.37. The number of benzene rings is 1. The molecule has 0 saturated carbocycles. The summed E-state index contributed by atoms with van der Waals surface area (Å²) in [4.78, 5) is 13.2. The zero-order chi connectivity index (χ0) is 16.4. The number of aromatic nitrogens is 3. The Kier molecular flexibility index (Phi) is 3.59. The third-order valence-electron chi connectivity index (χ3n) is 3.52. The minimum atomic E-state index is 0.250. The SMILES string of the molecule is CNc1nc(Nc2ccc3c(c2)OCO3)cc(-c2ccccn2)n1. The fraction of sp³-hybridized carbons (Fsp3) is 0.118. The molecule has 0 saturated heterocycles. The van der Waals surface area contributed by atoms with E-state index in [-0.39, 0.29) is 6.79 Å². The molecule has 1 aliphatic rings. The lowest BCUT2D eigenvalue weighted by atomic mass is 10.2. The van der Waals surface area contributed by atoms with E-state index in [1.165, 1.54) is 0 Å². The van der Waals surface area contributed by atoms with Crippen LogP contribution >= 0.6 is 0 Å². The van der Waals surface area contributed by atoms with Crippen molar-refractivity contribution in [1.29, 1.82) is 0 Å². The van der Waals surface area contributed by atoms with Gasteiger partial charge in [-0.3, -0.25) is 4.98 Å². The Morgan fingerprint density at radius 1 is 0.958 bits per heavy atom. The number of nitrogens with zero attached hydrogens (tertiary/aromatic N) is 3. The standard InChI is InChI=1S/C17H15N5O2/c1-18-17-21-13(12-4-2-3-7-19-12)9-16(22-17)20-11-5-6-14-15(8-11)24-10-23-14/h2-9H,10H2,1H3,(H2,18,20,21,22). The first kappa shape index (κ1) is 14.3. The molecule has 120 valence electrons. The number of hydrogen-bond donors (Lipinski definition) is 2. The molecule has 0 aliphatic carbocycles. The molecular weight excluding hydrogens is 306 g/mol. The van der Waals surface area contributed by atoms with Crippen molar-refractivity contribution >= 4 is 17.5 Å². The van der Waals surface area contributed by atoms with Crippen molar-refractivity contribution in [3.63, 3.8) is 0 Å². The van der Waals surface area contributed by atoms with E-state index < -0.39 is 0 Å². The largest absolute Gasteiger partial charge is 0.454 e. The summed E-state index contributed by atoms with van der Waals surface area (Å²) in [6, 6.07) is 13.2. The third kappa shape index (κ3) is 2.79. The maximum Gasteiger partial charge on any atom is 0.231 e. The zero-order valence-corrected chi connectivity index (χ0v) is 13.0. The average Bonchev–Trinajstić information content (AvgIpc) is 3.10. The van der Waals surface area contributed by atoms with E-state index in [4.69, 9.17) is 9.47 Å². The summed E-state index contributed by atoms with van der Waals surface area (Å²) >= 11 is 0. The van der Waals surface area contributed by atoms with E-state index in [0.717, 1.165) is 22.8 Å². The molecule has 1 aromatic carbocycles. The van der Waals surface area contributed by atoms with Crippen LogP contribution in [0.2, 0.25) is 0 Å². The van der Waals surface area contributed by atoms with Crippen LogP contribution < -0.4 is 20.1 Å². The number of ether oxygens (including phenoxy) is 2. The fourth-order valence-electron chi connectivity index (χ4n) is 2.39. The van der Waals surface area contributed by atoms with E-state index >= 15 is 0 Å². The highest BCUT2D eigenvalue weighted by Crippen LogP contribution is 2.35. The van der Waals surface area contributed by atoms with Crippen LogP contribution in [0.3, 0.4) is 0 Å². The van der Waals surface area contributed by atoms with Gasteiger partial charge in [-0.2, -0.15) is 4.98 Å². The fourth-order valence-corrected chi connectivity index (χ4v) is 2.39. The summed E-state index contributed by atoms with van der Waals surface area (Å²) in [5, 5.41) is 6.23. The molecule has 0 radical (unpaired) electrons. The first-order valence-electron chi connectivity index (χ1n) is 7.47. The molecule has 0 unspecified atom stereocenters. The second kappa shape index (κ2) is 6.04. The van der Waals surface area contributed by atoms with Crippen molar-refractivity contribution in [2.75, 3.05) is 24.5 Å². The predicted octanol–water partition coefficient (Wildman–Crippen LogP) is 3.05. The van der Waals surface area contributed by atoms with Gasteiger partial charge in [-0.05, 0) is 24.3 Å². The molecule has 2 N–H and O–H groups in total. The molecule has 0 fully saturated rings. The van der Waals surface area contributed by atoms with Crippen molar-refractivity contribution < 1.29 is 9.47 Å². The monoisotopic (exact) mass is 321 g/mol. The summed E-state index contributed by atoms with van der Waals surface area (Å²) < 4.78 is 10.7. The molecule has 3 aromatic rings. The number of pyridine rings is 1. The molecule has 0 spiro atoms. The number of hydrogen-bond acceptors (Lipinski definition) is 7. The number of rotatable bonds is 4. The van der Waals surface area contributed by atoms with Gasteiger partial charge in [-0.15, -0.1) is 0 Å². The lowest BCUT2D eigenvalue weighted by Crippen LogP contribution is -2.02. The van der Waals surface area contributed by atoms with E-state index in [1.807, 2.05) is 42.5 Å². The molecule has 0 bridgehead atoms. The molecular formula is C17H15N5O2. The summed E-state index contributed by atoms with van der Waals surface area (Å²) in [6.07, 6.45) is 1.74. The van der Waals surface area contributed by atoms with Crippen LogP contribution in [-0.2, 0) is 0 Å². The number of fused-ring (bicyclic) bond motifs is 1. The predicted molar refractivity (Wildman–Crippen MR) is 90.7 cm³/mol. The van der Waals surface area contributed by atoms with Crippen molar-refractivity contribution in [2.45, 2.75) is 0 Å². The molecule has 7 heteroatoms. The summed E-state index contributed by atoms with van der Waals surface area (Å²) in [6.45, 7) is 0.250. The van der Waals surface area contributed by atoms with Crippen molar-refractivity contribution in [1.82, 2.24) is 15.0 Å². The van der Waals surface area contributed by atoms with Gasteiger partial charge < -0.3 is 20.1 Å². The molecule has 0 amide bonds. The minimum Gasteiger partial charge on any atom is -0.454 e. The molecule has 24 heavy (non-hydrogen) atoms. The Labute approximate surface area is 138 Å². The topological polar surface area (TPSA) is 81.2 Å². The van der Waals surface area contributed by atoms with Gasteiger partial charge in [0.1, 0.15) is 5.82 Å². The highest BCUT2D eigenvalue weighted by molar-refractivity contribution is 5.67. The highest BCUT2D eigenvalue weighted by atomic mass is 16.7. The normalized spacial score (nSPS) is 12.0. The van der Waals surface area contributed by atoms with Crippen LogP contribution in [0, 0.1) is 0 Å². The molecule has 3 heterocycles. The lowest BCUT2D eigenvalue weighted by molar-refractivity contribution is 0.174. The molecule has 7 nitrogen and oxygen atoms in total. The van der Waals surface area contributed by atoms with Crippen LogP contribution in [0.25, 0.3) is 11.4 Å². The van der Waals surface area contributed by atoms with Crippen molar-refractivity contribution in [2.24, 2.45) is 0 Å². The van der Waals surface area contributed by atoms with Crippen LogP contribution in [0.4, 0.5) is 17.5 Å². The zero-order valence-electron chi connectivity index (χ0n) is 13.0. The molecule has 1 aliphatic heterocycles. The number of nitrogens with one attached hydrogen (secondary N) is 2. The Morgan fingerprint density at radius 2 is 1.88 bits per heavy atom. The Hall–Kier alpha value is -3.35. The summed E-state index contributed by atoms with van der Waals surface area (Å²) in [7, 11) is 1.78. The van der Waals surface area contributed by atoms with Gasteiger partial charge in [0.25, 0.3) is 0 Å². The second-order valence-electron chi connectivity index (χ2n) is 5.12. The van der Waals surface area contributed by atoms with E-state index in [2.05, 4.69) is 25.6 Å². The van der Waals surface area contributed by atoms with Crippen LogP contribution in [0.5, 0.6) is 11.5 Å². The highest BCUT2D eigenvalue weighted by Gasteiger charge is 2.14. The van der Waals surface area contributed by atoms with Crippen LogP contribution in [0.15, 0.2) is 48.7 Å². The maximum atomic E-state index is 5.40. The van der Waals surface area contributed by atoms with Gasteiger partial charge >= 0.3 is 0 Å². The average molecular weight is 321 g/mol. The van der Waals surface area contributed by atoms with Gasteiger partial charge in [0.2, 0.25) is 12.7 Å². The number of anilines is 3. The first-order valence-corrected chi connectivity index (χ1v) is 7.47. The van der Waals surface area contributed by atoms with Gasteiger partial charge in [0.05, 0.1) is 11.4 Å². The third-order valence-corrected chi connectivity index (χ3v) is 3.52. The minimum absolute atomic E-state index is 0.250. The quantitative estimate of drug-likeness (QED) is 0.764. The van der Waals surface area contributed by atoms with E-state index in [9.17, 15) is 0 Å². The Balaban J connectivity index is 1.67. The lowest BCUT2D eigenvalue weighted by Gasteiger charge is -2.10. The molecule has 2 aromatic heterocycles. The van der Waals surface area contributed by atoms with Gasteiger partial charge in [0.15, 0.2) is 11.5 Å². The van der Waals surface area contributed by atoms with Gasteiger partial charge in [-0.25, -0.2) is 4.98 Å². The van der Waals surface area contributed by atoms with Crippen molar-refractivity contribution in [3.05, 3.63) is 48.7 Å². The first-order chi connectivity index (χ1) is 11.8. The molecule has 4 rings (SSSR count). The maximum absolute atomic E-state index is 5.40. The summed E-state index contributed by atoms with van der Waals surface area (Å²) in [5.74, 6) is 2.64. The Bertz CT molecular complexity index is 870. The van der Waals surface area contributed by atoms with Gasteiger partial charge in [0, 0.05) is 31.1 Å². The molecule has 0 atom stereocenters. The van der Waals surface area contributed by atoms with E-state index in [0.29, 0.717) is 17.5 Å². The van der Waals surface area contributed by atoms with Crippen molar-refractivity contribution in [3.8, 4) is 22.9 Å². The Morgan fingerprint density at radius 3 is 2.71 bits per heavy atom. The van der Waals surface area contributed by atoms with Gasteiger partial charge in [-0.1, -0.05) is 6.07 Å². The smallest absolute Gasteiger partial charge is 0.231 e. The van der Waals surface area contributed by atoms with Crippen LogP contribution in [0.1, 0.15) is 0 Å².